The quantitative estimate of drug-likeness (QED) is 0.442. The lowest BCUT2D eigenvalue weighted by Gasteiger charge is -2.20. The smallest absolute Gasteiger partial charge is 0.245 e. The molecule has 1 fully saturated rings. The lowest BCUT2D eigenvalue weighted by Crippen LogP contribution is -2.33. The molecule has 1 heterocycles. The molecule has 0 aromatic heterocycles. The second-order valence-electron chi connectivity index (χ2n) is 6.41. The van der Waals surface area contributed by atoms with Crippen molar-refractivity contribution in [2.45, 2.75) is 25.7 Å². The summed E-state index contributed by atoms with van der Waals surface area (Å²) in [5.41, 5.74) is 4.39. The standard InChI is InChI=1S/C20H20Br2N2O4/c1-20(27-8-9-28-20)11-19(25)24-23-12-15-4-7-18(17(22)10-15)26-13-14-2-5-16(21)6-3-14/h2-7,10,12H,8-9,11,13H2,1H3,(H,24,25)/b23-12-. The highest BCUT2D eigenvalue weighted by Gasteiger charge is 2.33. The highest BCUT2D eigenvalue weighted by molar-refractivity contribution is 9.10. The van der Waals surface area contributed by atoms with E-state index in [-0.39, 0.29) is 12.3 Å². The molecule has 2 aromatic carbocycles. The summed E-state index contributed by atoms with van der Waals surface area (Å²) in [5.74, 6) is -0.405. The molecule has 1 saturated heterocycles. The fourth-order valence-electron chi connectivity index (χ4n) is 2.63. The molecule has 3 rings (SSSR count). The number of carbonyl (C=O) groups is 1. The zero-order valence-electron chi connectivity index (χ0n) is 15.3. The van der Waals surface area contributed by atoms with Crippen molar-refractivity contribution in [3.05, 3.63) is 62.5 Å². The maximum atomic E-state index is 11.9. The molecule has 28 heavy (non-hydrogen) atoms. The lowest BCUT2D eigenvalue weighted by atomic mass is 10.2. The van der Waals surface area contributed by atoms with Crippen molar-refractivity contribution in [1.29, 1.82) is 0 Å². The Balaban J connectivity index is 1.51. The van der Waals surface area contributed by atoms with Gasteiger partial charge in [0.25, 0.3) is 0 Å². The van der Waals surface area contributed by atoms with Crippen molar-refractivity contribution in [3.63, 3.8) is 0 Å². The van der Waals surface area contributed by atoms with Crippen molar-refractivity contribution >= 4 is 44.0 Å². The van der Waals surface area contributed by atoms with E-state index in [9.17, 15) is 4.79 Å². The second-order valence-corrected chi connectivity index (χ2v) is 8.18. The Morgan fingerprint density at radius 1 is 1.21 bits per heavy atom. The number of ether oxygens (including phenoxy) is 3. The van der Waals surface area contributed by atoms with Gasteiger partial charge in [0, 0.05) is 4.47 Å². The van der Waals surface area contributed by atoms with Gasteiger partial charge in [0.05, 0.1) is 30.3 Å². The van der Waals surface area contributed by atoms with E-state index >= 15 is 0 Å². The van der Waals surface area contributed by atoms with Gasteiger partial charge in [-0.25, -0.2) is 5.43 Å². The first-order valence-electron chi connectivity index (χ1n) is 8.70. The minimum atomic E-state index is -0.865. The van der Waals surface area contributed by atoms with Crippen molar-refractivity contribution in [2.75, 3.05) is 13.2 Å². The number of hydrogen-bond acceptors (Lipinski definition) is 5. The van der Waals surface area contributed by atoms with E-state index in [1.807, 2.05) is 42.5 Å². The third-order valence-electron chi connectivity index (χ3n) is 4.05. The monoisotopic (exact) mass is 510 g/mol. The number of hydrazone groups is 1. The number of carbonyl (C=O) groups excluding carboxylic acids is 1. The third-order valence-corrected chi connectivity index (χ3v) is 5.19. The normalized spacial score (nSPS) is 15.7. The summed E-state index contributed by atoms with van der Waals surface area (Å²) >= 11 is 6.92. The van der Waals surface area contributed by atoms with E-state index < -0.39 is 5.79 Å². The molecular weight excluding hydrogens is 492 g/mol. The Kier molecular flexibility index (Phi) is 7.23. The summed E-state index contributed by atoms with van der Waals surface area (Å²) < 4.78 is 18.5. The Morgan fingerprint density at radius 2 is 1.93 bits per heavy atom. The maximum absolute atomic E-state index is 11.9. The number of nitrogens with zero attached hydrogens (tertiary/aromatic N) is 1. The van der Waals surface area contributed by atoms with Gasteiger partial charge in [-0.1, -0.05) is 28.1 Å². The topological polar surface area (TPSA) is 69.2 Å². The summed E-state index contributed by atoms with van der Waals surface area (Å²) in [7, 11) is 0. The van der Waals surface area contributed by atoms with Gasteiger partial charge < -0.3 is 14.2 Å². The molecule has 1 aliphatic rings. The molecule has 0 saturated carbocycles. The summed E-state index contributed by atoms with van der Waals surface area (Å²) in [5, 5.41) is 3.99. The van der Waals surface area contributed by atoms with Crippen molar-refractivity contribution < 1.29 is 19.0 Å². The first-order valence-corrected chi connectivity index (χ1v) is 10.3. The Hall–Kier alpha value is -1.74. The highest BCUT2D eigenvalue weighted by Crippen LogP contribution is 2.26. The molecule has 0 bridgehead atoms. The van der Waals surface area contributed by atoms with Crippen molar-refractivity contribution in [3.8, 4) is 5.75 Å². The van der Waals surface area contributed by atoms with Gasteiger partial charge in [-0.3, -0.25) is 4.79 Å². The Labute approximate surface area is 180 Å². The second kappa shape index (κ2) is 9.65. The predicted octanol–water partition coefficient (Wildman–Crippen LogP) is 4.39. The van der Waals surface area contributed by atoms with Crippen LogP contribution in [0, 0.1) is 0 Å². The minimum Gasteiger partial charge on any atom is -0.488 e. The van der Waals surface area contributed by atoms with Gasteiger partial charge in [-0.2, -0.15) is 5.10 Å². The van der Waals surface area contributed by atoms with Gasteiger partial charge in [-0.05, 0) is 64.3 Å². The van der Waals surface area contributed by atoms with Gasteiger partial charge in [0.15, 0.2) is 5.79 Å². The first-order chi connectivity index (χ1) is 13.4. The Bertz CT molecular complexity index is 850. The average molecular weight is 512 g/mol. The van der Waals surface area contributed by atoms with Gasteiger partial charge in [-0.15, -0.1) is 0 Å². The average Bonchev–Trinajstić information content (AvgIpc) is 3.08. The van der Waals surface area contributed by atoms with Crippen LogP contribution >= 0.6 is 31.9 Å². The van der Waals surface area contributed by atoms with Gasteiger partial charge in [0.1, 0.15) is 12.4 Å². The zero-order chi connectivity index (χ0) is 20.0. The van der Waals surface area contributed by atoms with Crippen LogP contribution in [0.2, 0.25) is 0 Å². The van der Waals surface area contributed by atoms with Crippen LogP contribution in [0.3, 0.4) is 0 Å². The number of nitrogens with one attached hydrogen (secondary N) is 1. The number of hydrogen-bond donors (Lipinski definition) is 1. The molecule has 1 amide bonds. The number of rotatable bonds is 7. The van der Waals surface area contributed by atoms with Crippen LogP contribution in [-0.2, 0) is 20.9 Å². The number of amides is 1. The number of halogens is 2. The van der Waals surface area contributed by atoms with Gasteiger partial charge in [0.2, 0.25) is 5.91 Å². The van der Waals surface area contributed by atoms with Crippen molar-refractivity contribution in [2.24, 2.45) is 5.10 Å². The third kappa shape index (κ3) is 6.13. The largest absolute Gasteiger partial charge is 0.488 e. The molecule has 0 aliphatic carbocycles. The molecule has 8 heteroatoms. The maximum Gasteiger partial charge on any atom is 0.245 e. The van der Waals surface area contributed by atoms with Crippen LogP contribution in [0.4, 0.5) is 0 Å². The first kappa shape index (κ1) is 21.0. The molecule has 1 N–H and O–H groups in total. The summed E-state index contributed by atoms with van der Waals surface area (Å²) in [6, 6.07) is 13.6. The van der Waals surface area contributed by atoms with Crippen molar-refractivity contribution in [1.82, 2.24) is 5.43 Å². The summed E-state index contributed by atoms with van der Waals surface area (Å²) in [6.07, 6.45) is 1.66. The van der Waals surface area contributed by atoms with Crippen LogP contribution in [0.5, 0.6) is 5.75 Å². The molecule has 0 spiro atoms. The Morgan fingerprint density at radius 3 is 2.61 bits per heavy atom. The van der Waals surface area contributed by atoms with Crippen LogP contribution < -0.4 is 10.2 Å². The molecular formula is C20H20Br2N2O4. The van der Waals surface area contributed by atoms with Crippen LogP contribution in [0.15, 0.2) is 56.5 Å². The van der Waals surface area contributed by atoms with Crippen LogP contribution in [0.1, 0.15) is 24.5 Å². The fraction of sp³-hybridized carbons (Fsp3) is 0.300. The summed E-state index contributed by atoms with van der Waals surface area (Å²) in [4.78, 5) is 11.9. The molecule has 0 atom stereocenters. The molecule has 1 aliphatic heterocycles. The predicted molar refractivity (Wildman–Crippen MR) is 113 cm³/mol. The van der Waals surface area contributed by atoms with E-state index in [2.05, 4.69) is 42.4 Å². The molecule has 0 unspecified atom stereocenters. The SMILES string of the molecule is CC1(CC(=O)N/N=C\c2ccc(OCc3ccc(Br)cc3)c(Br)c2)OCCO1. The minimum absolute atomic E-state index is 0.0941. The van der Waals surface area contributed by atoms with Crippen LogP contribution in [-0.4, -0.2) is 31.1 Å². The van der Waals surface area contributed by atoms with E-state index in [4.69, 9.17) is 14.2 Å². The molecule has 6 nitrogen and oxygen atoms in total. The lowest BCUT2D eigenvalue weighted by molar-refractivity contribution is -0.159. The van der Waals surface area contributed by atoms with Gasteiger partial charge >= 0.3 is 0 Å². The van der Waals surface area contributed by atoms with Crippen LogP contribution in [0.25, 0.3) is 0 Å². The zero-order valence-corrected chi connectivity index (χ0v) is 18.5. The molecule has 2 aromatic rings. The molecule has 148 valence electrons. The highest BCUT2D eigenvalue weighted by atomic mass is 79.9. The fourth-order valence-corrected chi connectivity index (χ4v) is 3.40. The molecule has 0 radical (unpaired) electrons. The van der Waals surface area contributed by atoms with E-state index in [1.54, 1.807) is 13.1 Å². The summed E-state index contributed by atoms with van der Waals surface area (Å²) in [6.45, 7) is 3.21. The number of benzene rings is 2. The van der Waals surface area contributed by atoms with E-state index in [0.717, 1.165) is 25.8 Å². The van der Waals surface area contributed by atoms with E-state index in [0.29, 0.717) is 19.8 Å². The van der Waals surface area contributed by atoms with E-state index in [1.165, 1.54) is 0 Å².